The molecule has 0 bridgehead atoms. The summed E-state index contributed by atoms with van der Waals surface area (Å²) in [4.78, 5) is 17.1. The Morgan fingerprint density at radius 1 is 1.06 bits per heavy atom. The second-order valence-electron chi connectivity index (χ2n) is 8.08. The molecular formula is C24H28Cl2N4O. The van der Waals surface area contributed by atoms with Crippen LogP contribution in [0, 0.1) is 0 Å². The molecular weight excluding hydrogens is 431 g/mol. The number of rotatable bonds is 8. The van der Waals surface area contributed by atoms with Crippen LogP contribution in [0.2, 0.25) is 10.0 Å². The lowest BCUT2D eigenvalue weighted by Crippen LogP contribution is -2.28. The molecule has 2 aromatic carbocycles. The summed E-state index contributed by atoms with van der Waals surface area (Å²) in [5, 5.41) is 7.54. The van der Waals surface area contributed by atoms with Gasteiger partial charge < -0.3 is 15.2 Å². The largest absolute Gasteiger partial charge is 0.352 e. The molecule has 164 valence electrons. The average molecular weight is 459 g/mol. The Bertz CT molecular complexity index is 1030. The first-order valence-electron chi connectivity index (χ1n) is 11.0. The Hall–Kier alpha value is -2.08. The van der Waals surface area contributed by atoms with Gasteiger partial charge in [0.1, 0.15) is 5.82 Å². The van der Waals surface area contributed by atoms with Crippen molar-refractivity contribution in [1.82, 2.24) is 20.2 Å². The zero-order valence-electron chi connectivity index (χ0n) is 17.5. The number of hydrogen-bond acceptors (Lipinski definition) is 3. The number of nitrogens with zero attached hydrogens (tertiary/aromatic N) is 2. The third-order valence-corrected chi connectivity index (χ3v) is 6.63. The van der Waals surface area contributed by atoms with E-state index in [1.807, 2.05) is 42.5 Å². The zero-order valence-corrected chi connectivity index (χ0v) is 19.1. The molecule has 1 aliphatic heterocycles. The number of amides is 1. The molecule has 2 N–H and O–H groups in total. The maximum absolute atomic E-state index is 12.1. The lowest BCUT2D eigenvalue weighted by atomic mass is 9.97. The van der Waals surface area contributed by atoms with Gasteiger partial charge in [0.2, 0.25) is 0 Å². The second-order valence-corrected chi connectivity index (χ2v) is 8.90. The van der Waals surface area contributed by atoms with Crippen molar-refractivity contribution in [3.63, 3.8) is 0 Å². The van der Waals surface area contributed by atoms with Gasteiger partial charge >= 0.3 is 0 Å². The van der Waals surface area contributed by atoms with Gasteiger partial charge in [-0.15, -0.1) is 0 Å². The van der Waals surface area contributed by atoms with Crippen LogP contribution in [0.5, 0.6) is 0 Å². The minimum Gasteiger partial charge on any atom is -0.352 e. The molecule has 31 heavy (non-hydrogen) atoms. The lowest BCUT2D eigenvalue weighted by molar-refractivity contribution is 0.0953. The Morgan fingerprint density at radius 2 is 1.81 bits per heavy atom. The van der Waals surface area contributed by atoms with Gasteiger partial charge in [-0.05, 0) is 69.5 Å². The summed E-state index contributed by atoms with van der Waals surface area (Å²) in [6.45, 7) is 3.62. The number of nitrogens with one attached hydrogen (secondary N) is 2. The van der Waals surface area contributed by atoms with Crippen molar-refractivity contribution >= 4 is 40.1 Å². The summed E-state index contributed by atoms with van der Waals surface area (Å²) < 4.78 is 2.33. The van der Waals surface area contributed by atoms with E-state index in [1.165, 1.54) is 0 Å². The Balaban J connectivity index is 1.37. The number of halogens is 2. The summed E-state index contributed by atoms with van der Waals surface area (Å²) in [5.74, 6) is 1.59. The number of benzene rings is 2. The molecule has 2 heterocycles. The molecule has 0 aliphatic carbocycles. The van der Waals surface area contributed by atoms with Gasteiger partial charge in [-0.25, -0.2) is 4.98 Å². The summed E-state index contributed by atoms with van der Waals surface area (Å²) >= 11 is 12.6. The van der Waals surface area contributed by atoms with E-state index in [0.717, 1.165) is 68.6 Å². The molecule has 0 unspecified atom stereocenters. The van der Waals surface area contributed by atoms with E-state index in [-0.39, 0.29) is 5.91 Å². The zero-order chi connectivity index (χ0) is 21.6. The molecule has 1 aromatic heterocycles. The maximum atomic E-state index is 12.1. The predicted octanol–water partition coefficient (Wildman–Crippen LogP) is 5.41. The van der Waals surface area contributed by atoms with E-state index in [2.05, 4.69) is 15.2 Å². The summed E-state index contributed by atoms with van der Waals surface area (Å²) in [7, 11) is 0. The van der Waals surface area contributed by atoms with Crippen LogP contribution in [0.15, 0.2) is 42.5 Å². The Morgan fingerprint density at radius 3 is 2.58 bits per heavy atom. The van der Waals surface area contributed by atoms with Crippen LogP contribution < -0.4 is 10.6 Å². The first-order valence-corrected chi connectivity index (χ1v) is 11.8. The first kappa shape index (κ1) is 22.1. The first-order chi connectivity index (χ1) is 15.1. The fourth-order valence-electron chi connectivity index (χ4n) is 4.23. The monoisotopic (exact) mass is 458 g/mol. The molecule has 1 amide bonds. The van der Waals surface area contributed by atoms with Crippen LogP contribution in [0.25, 0.3) is 11.0 Å². The fourth-order valence-corrected chi connectivity index (χ4v) is 4.55. The normalized spacial score (nSPS) is 14.8. The maximum Gasteiger partial charge on any atom is 0.251 e. The van der Waals surface area contributed by atoms with E-state index in [9.17, 15) is 4.79 Å². The second kappa shape index (κ2) is 10.5. The van der Waals surface area contributed by atoms with E-state index >= 15 is 0 Å². The van der Waals surface area contributed by atoms with Gasteiger partial charge in [0.25, 0.3) is 5.91 Å². The summed E-state index contributed by atoms with van der Waals surface area (Å²) in [5.41, 5.74) is 2.67. The Labute approximate surface area is 193 Å². The van der Waals surface area contributed by atoms with Gasteiger partial charge in [0.15, 0.2) is 0 Å². The third-order valence-electron chi connectivity index (χ3n) is 5.90. The molecule has 5 nitrogen and oxygen atoms in total. The molecule has 3 aromatic rings. The highest BCUT2D eigenvalue weighted by atomic mass is 35.5. The van der Waals surface area contributed by atoms with Crippen LogP contribution in [0.1, 0.15) is 54.2 Å². The number of unbranched alkanes of at least 4 members (excludes halogenated alkanes) is 2. The van der Waals surface area contributed by atoms with Gasteiger partial charge in [-0.3, -0.25) is 4.79 Å². The SMILES string of the molecule is O=C(NCCCCCn1c(C2CCNCC2)nc2cc(Cl)c(Cl)cc21)c1ccccc1. The van der Waals surface area contributed by atoms with Crippen LogP contribution in [-0.2, 0) is 6.54 Å². The van der Waals surface area contributed by atoms with Crippen molar-refractivity contribution in [2.75, 3.05) is 19.6 Å². The van der Waals surface area contributed by atoms with Gasteiger partial charge in [-0.2, -0.15) is 0 Å². The van der Waals surface area contributed by atoms with Crippen molar-refractivity contribution in [3.8, 4) is 0 Å². The molecule has 4 rings (SSSR count). The van der Waals surface area contributed by atoms with Crippen LogP contribution in [0.3, 0.4) is 0 Å². The number of carbonyl (C=O) groups excluding carboxylic acids is 1. The molecule has 1 aliphatic rings. The minimum absolute atomic E-state index is 0.0130. The average Bonchev–Trinajstić information content (AvgIpc) is 3.14. The number of piperidine rings is 1. The summed E-state index contributed by atoms with van der Waals surface area (Å²) in [6.07, 6.45) is 5.18. The lowest BCUT2D eigenvalue weighted by Gasteiger charge is -2.23. The third kappa shape index (κ3) is 5.40. The standard InChI is InChI=1S/C24H28Cl2N4O/c25-19-15-21-22(16-20(19)26)30(23(29-21)17-9-12-27-13-10-17)14-6-2-5-11-28-24(31)18-7-3-1-4-8-18/h1,3-4,7-8,15-17,27H,2,5-6,9-14H2,(H,28,31). The Kier molecular flexibility index (Phi) is 7.49. The van der Waals surface area contributed by atoms with E-state index < -0.39 is 0 Å². The van der Waals surface area contributed by atoms with E-state index in [1.54, 1.807) is 0 Å². The van der Waals surface area contributed by atoms with Crippen molar-refractivity contribution in [2.45, 2.75) is 44.6 Å². The summed E-state index contributed by atoms with van der Waals surface area (Å²) in [6, 6.07) is 13.2. The van der Waals surface area contributed by atoms with Gasteiger partial charge in [-0.1, -0.05) is 41.4 Å². The molecule has 0 spiro atoms. The quantitative estimate of drug-likeness (QED) is 0.443. The molecule has 0 saturated carbocycles. The van der Waals surface area contributed by atoms with Crippen molar-refractivity contribution in [1.29, 1.82) is 0 Å². The van der Waals surface area contributed by atoms with Gasteiger partial charge in [0.05, 0.1) is 21.1 Å². The number of hydrogen-bond donors (Lipinski definition) is 2. The number of aryl methyl sites for hydroxylation is 1. The highest BCUT2D eigenvalue weighted by molar-refractivity contribution is 6.42. The van der Waals surface area contributed by atoms with Crippen LogP contribution in [0.4, 0.5) is 0 Å². The highest BCUT2D eigenvalue weighted by Gasteiger charge is 2.22. The molecule has 0 atom stereocenters. The molecule has 1 saturated heterocycles. The fraction of sp³-hybridized carbons (Fsp3) is 0.417. The topological polar surface area (TPSA) is 59.0 Å². The van der Waals surface area contributed by atoms with Gasteiger partial charge in [0, 0.05) is 24.6 Å². The number of fused-ring (bicyclic) bond motifs is 1. The molecule has 1 fully saturated rings. The number of imidazole rings is 1. The number of aromatic nitrogens is 2. The smallest absolute Gasteiger partial charge is 0.251 e. The van der Waals surface area contributed by atoms with Crippen LogP contribution in [-0.4, -0.2) is 35.1 Å². The molecule has 0 radical (unpaired) electrons. The van der Waals surface area contributed by atoms with Crippen molar-refractivity contribution in [2.24, 2.45) is 0 Å². The highest BCUT2D eigenvalue weighted by Crippen LogP contribution is 2.33. The number of carbonyl (C=O) groups is 1. The van der Waals surface area contributed by atoms with E-state index in [0.29, 0.717) is 28.1 Å². The minimum atomic E-state index is -0.0130. The van der Waals surface area contributed by atoms with Crippen molar-refractivity contribution in [3.05, 3.63) is 63.9 Å². The van der Waals surface area contributed by atoms with E-state index in [4.69, 9.17) is 28.2 Å². The van der Waals surface area contributed by atoms with Crippen LogP contribution >= 0.6 is 23.2 Å². The molecule has 7 heteroatoms. The van der Waals surface area contributed by atoms with Crippen molar-refractivity contribution < 1.29 is 4.79 Å². The predicted molar refractivity (Wildman–Crippen MR) is 127 cm³/mol.